The van der Waals surface area contributed by atoms with Crippen LogP contribution in [0, 0.1) is 6.92 Å². The third-order valence-corrected chi connectivity index (χ3v) is 2.93. The van der Waals surface area contributed by atoms with E-state index in [9.17, 15) is 0 Å². The fourth-order valence-electron chi connectivity index (χ4n) is 0.909. The van der Waals surface area contributed by atoms with Gasteiger partial charge in [-0.3, -0.25) is 0 Å². The second-order valence-corrected chi connectivity index (χ2v) is 4.64. The molecule has 1 aromatic rings. The lowest BCUT2D eigenvalue weighted by atomic mass is 10.4. The van der Waals surface area contributed by atoms with Gasteiger partial charge in [0.05, 0.1) is 0 Å². The fraction of sp³-hybridized carbons (Fsp3) is 0.286. The summed E-state index contributed by atoms with van der Waals surface area (Å²) >= 11 is 0. The van der Waals surface area contributed by atoms with Crippen LogP contribution in [0.25, 0.3) is 0 Å². The number of aromatic nitrogens is 2. The number of hydrogen-bond acceptors (Lipinski definition) is 3. The molecule has 2 N–H and O–H groups in total. The van der Waals surface area contributed by atoms with Crippen LogP contribution in [0.3, 0.4) is 0 Å². The first kappa shape index (κ1) is 6.74. The number of rotatable bonds is 1. The van der Waals surface area contributed by atoms with Crippen LogP contribution in [0.1, 0.15) is 5.69 Å². The average Bonchev–Trinajstić information content (AvgIpc) is 2.64. The molecule has 0 radical (unpaired) electrons. The Morgan fingerprint density at radius 1 is 1.55 bits per heavy atom. The van der Waals surface area contributed by atoms with Crippen LogP contribution in [0.15, 0.2) is 6.07 Å². The van der Waals surface area contributed by atoms with Crippen LogP contribution in [0.2, 0.25) is 0 Å². The van der Waals surface area contributed by atoms with Crippen molar-refractivity contribution in [3.8, 4) is 0 Å². The minimum atomic E-state index is -0.105. The predicted molar refractivity (Wildman–Crippen MR) is 48.7 cm³/mol. The van der Waals surface area contributed by atoms with E-state index in [0.29, 0.717) is 5.82 Å². The van der Waals surface area contributed by atoms with Crippen LogP contribution in [0.4, 0.5) is 5.82 Å². The SMILES string of the molecule is Cc1cc(N)nc([P+]2=CC2)n1. The fourth-order valence-corrected chi connectivity index (χ4v) is 2.09. The molecule has 56 valence electrons. The van der Waals surface area contributed by atoms with E-state index >= 15 is 0 Å². The zero-order valence-corrected chi connectivity index (χ0v) is 7.18. The minimum Gasteiger partial charge on any atom is -0.383 e. The van der Waals surface area contributed by atoms with Crippen molar-refractivity contribution in [3.05, 3.63) is 11.8 Å². The van der Waals surface area contributed by atoms with Crippen LogP contribution in [0.5, 0.6) is 0 Å². The van der Waals surface area contributed by atoms with Gasteiger partial charge < -0.3 is 5.73 Å². The molecule has 11 heavy (non-hydrogen) atoms. The summed E-state index contributed by atoms with van der Waals surface area (Å²) in [6, 6.07) is 1.79. The Balaban J connectivity index is 2.47. The van der Waals surface area contributed by atoms with Crippen LogP contribution in [-0.2, 0) is 0 Å². The predicted octanol–water partition coefficient (Wildman–Crippen LogP) is 0.290. The molecule has 4 heteroatoms. The molecule has 1 atom stereocenters. The number of nitrogens with zero attached hydrogens (tertiary/aromatic N) is 2. The van der Waals surface area contributed by atoms with Crippen molar-refractivity contribution in [1.82, 2.24) is 9.97 Å². The average molecular weight is 166 g/mol. The van der Waals surface area contributed by atoms with Crippen LogP contribution < -0.4 is 11.3 Å². The third-order valence-electron chi connectivity index (χ3n) is 1.48. The molecule has 0 fully saturated rings. The van der Waals surface area contributed by atoms with Gasteiger partial charge in [-0.15, -0.1) is 0 Å². The normalized spacial score (nSPS) is 17.7. The second-order valence-electron chi connectivity index (χ2n) is 2.57. The van der Waals surface area contributed by atoms with E-state index in [2.05, 4.69) is 15.8 Å². The number of anilines is 1. The van der Waals surface area contributed by atoms with Crippen molar-refractivity contribution in [1.29, 1.82) is 0 Å². The molecule has 1 unspecified atom stereocenters. The lowest BCUT2D eigenvalue weighted by molar-refractivity contribution is 1.16. The summed E-state index contributed by atoms with van der Waals surface area (Å²) in [5.41, 5.74) is 7.48. The molecule has 0 bridgehead atoms. The zero-order valence-electron chi connectivity index (χ0n) is 6.28. The molecular formula is C7H9N3P+. The van der Waals surface area contributed by atoms with E-state index in [4.69, 9.17) is 5.73 Å². The first-order valence-corrected chi connectivity index (χ1v) is 5.06. The van der Waals surface area contributed by atoms with E-state index < -0.39 is 0 Å². The summed E-state index contributed by atoms with van der Waals surface area (Å²) in [6.45, 7) is 1.94. The molecule has 1 aliphatic heterocycles. The lowest BCUT2D eigenvalue weighted by Gasteiger charge is -1.92. The Hall–Kier alpha value is -0.950. The molecule has 1 aliphatic rings. The standard InChI is InChI=1S/C7H9N3P/c1-5-4-6(8)10-7(9-5)11-2-3-11/h2,4H,3H2,1H3,(H2,8,9,10)/q+1. The van der Waals surface area contributed by atoms with Crippen molar-refractivity contribution in [2.24, 2.45) is 0 Å². The van der Waals surface area contributed by atoms with E-state index in [1.165, 1.54) is 0 Å². The Bertz CT molecular complexity index is 312. The summed E-state index contributed by atoms with van der Waals surface area (Å²) < 4.78 is 0. The Morgan fingerprint density at radius 3 is 2.82 bits per heavy atom. The summed E-state index contributed by atoms with van der Waals surface area (Å²) in [7, 11) is -0.105. The van der Waals surface area contributed by atoms with Gasteiger partial charge in [0.2, 0.25) is 0 Å². The molecule has 0 aromatic carbocycles. The van der Waals surface area contributed by atoms with E-state index in [-0.39, 0.29) is 7.55 Å². The van der Waals surface area contributed by atoms with E-state index in [0.717, 1.165) is 17.4 Å². The van der Waals surface area contributed by atoms with Crippen molar-refractivity contribution in [2.45, 2.75) is 6.92 Å². The number of nitrogen functional groups attached to an aromatic ring is 1. The minimum absolute atomic E-state index is 0.105. The summed E-state index contributed by atoms with van der Waals surface area (Å²) in [4.78, 5) is 8.46. The van der Waals surface area contributed by atoms with Gasteiger partial charge in [0.1, 0.15) is 11.6 Å². The van der Waals surface area contributed by atoms with Gasteiger partial charge in [0, 0.05) is 11.8 Å². The van der Waals surface area contributed by atoms with Crippen molar-refractivity contribution >= 4 is 24.7 Å². The van der Waals surface area contributed by atoms with E-state index in [1.807, 2.05) is 6.92 Å². The van der Waals surface area contributed by atoms with Gasteiger partial charge in [-0.2, -0.15) is 9.97 Å². The molecule has 2 heterocycles. The highest BCUT2D eigenvalue weighted by atomic mass is 31.1. The van der Waals surface area contributed by atoms with Crippen molar-refractivity contribution in [3.63, 3.8) is 0 Å². The maximum Gasteiger partial charge on any atom is 0.336 e. The van der Waals surface area contributed by atoms with Crippen molar-refractivity contribution < 1.29 is 0 Å². The van der Waals surface area contributed by atoms with Gasteiger partial charge in [0.15, 0.2) is 13.7 Å². The molecule has 0 aliphatic carbocycles. The maximum absolute atomic E-state index is 5.57. The van der Waals surface area contributed by atoms with Gasteiger partial charge in [-0.05, 0) is 6.92 Å². The highest BCUT2D eigenvalue weighted by Crippen LogP contribution is 2.30. The Labute approximate surface area is 66.1 Å². The topological polar surface area (TPSA) is 51.8 Å². The Kier molecular flexibility index (Phi) is 1.40. The van der Waals surface area contributed by atoms with Crippen LogP contribution >= 0.6 is 7.55 Å². The molecule has 3 nitrogen and oxygen atoms in total. The van der Waals surface area contributed by atoms with E-state index in [1.54, 1.807) is 6.07 Å². The largest absolute Gasteiger partial charge is 0.383 e. The first-order valence-electron chi connectivity index (χ1n) is 3.47. The summed E-state index contributed by atoms with van der Waals surface area (Å²) in [6.07, 6.45) is 1.16. The lowest BCUT2D eigenvalue weighted by Crippen LogP contribution is -2.10. The zero-order chi connectivity index (χ0) is 7.84. The second kappa shape index (κ2) is 2.28. The van der Waals surface area contributed by atoms with Crippen LogP contribution in [-0.4, -0.2) is 21.9 Å². The van der Waals surface area contributed by atoms with Gasteiger partial charge in [-0.25, -0.2) is 0 Å². The smallest absolute Gasteiger partial charge is 0.336 e. The third kappa shape index (κ3) is 1.38. The molecule has 1 aromatic heterocycles. The molecule has 2 rings (SSSR count). The first-order chi connectivity index (χ1) is 5.25. The summed E-state index contributed by atoms with van der Waals surface area (Å²) in [5.74, 6) is 2.83. The number of aryl methyl sites for hydroxylation is 1. The summed E-state index contributed by atoms with van der Waals surface area (Å²) in [5, 5.41) is 0. The highest BCUT2D eigenvalue weighted by Gasteiger charge is 2.29. The molecule has 0 saturated carbocycles. The maximum atomic E-state index is 5.57. The van der Waals surface area contributed by atoms with Gasteiger partial charge in [0.25, 0.3) is 0 Å². The monoisotopic (exact) mass is 166 g/mol. The number of hydrogen-bond donors (Lipinski definition) is 1. The van der Waals surface area contributed by atoms with Crippen molar-refractivity contribution in [2.75, 3.05) is 11.9 Å². The van der Waals surface area contributed by atoms with Gasteiger partial charge in [-0.1, -0.05) is 0 Å². The quantitative estimate of drug-likeness (QED) is 0.610. The Morgan fingerprint density at radius 2 is 2.27 bits per heavy atom. The molecule has 0 amide bonds. The molecular weight excluding hydrogens is 157 g/mol. The number of nitrogens with two attached hydrogens (primary N) is 1. The molecule has 0 spiro atoms. The van der Waals surface area contributed by atoms with Gasteiger partial charge >= 0.3 is 5.57 Å². The molecule has 0 saturated heterocycles. The highest BCUT2D eigenvalue weighted by molar-refractivity contribution is 7.74.